The number of pyridine rings is 2. The molecular formula is C25H24N3O4PdS-. The predicted molar refractivity (Wildman–Crippen MR) is 129 cm³/mol. The molecule has 0 saturated heterocycles. The van der Waals surface area contributed by atoms with Gasteiger partial charge in [-0.3, -0.25) is 14.8 Å². The van der Waals surface area contributed by atoms with Gasteiger partial charge in [-0.05, 0) is 48.9 Å². The van der Waals surface area contributed by atoms with Crippen molar-refractivity contribution in [2.24, 2.45) is 0 Å². The predicted octanol–water partition coefficient (Wildman–Crippen LogP) is 5.62. The van der Waals surface area contributed by atoms with Gasteiger partial charge in [0.25, 0.3) is 5.97 Å². The summed E-state index contributed by atoms with van der Waals surface area (Å²) >= 11 is 0. The van der Waals surface area contributed by atoms with Gasteiger partial charge in [-0.25, -0.2) is 8.42 Å². The third-order valence-electron chi connectivity index (χ3n) is 3.95. The van der Waals surface area contributed by atoms with Crippen LogP contribution in [0.1, 0.15) is 12.5 Å². The van der Waals surface area contributed by atoms with Gasteiger partial charge in [0.15, 0.2) is 0 Å². The van der Waals surface area contributed by atoms with E-state index in [1.54, 1.807) is 55.0 Å². The van der Waals surface area contributed by atoms with Gasteiger partial charge >= 0.3 is 0 Å². The molecule has 2 aromatic heterocycles. The van der Waals surface area contributed by atoms with Crippen LogP contribution in [-0.2, 0) is 35.2 Å². The van der Waals surface area contributed by atoms with Crippen LogP contribution < -0.4 is 0 Å². The second-order valence-corrected chi connectivity index (χ2v) is 8.26. The molecule has 0 aliphatic heterocycles. The number of nitrogens with zero attached hydrogens (tertiary/aromatic N) is 3. The summed E-state index contributed by atoms with van der Waals surface area (Å²) in [6.45, 7) is 2.99. The molecule has 180 valence electrons. The number of carboxylic acid groups (broad SMARTS) is 1. The van der Waals surface area contributed by atoms with Crippen LogP contribution in [0.3, 0.4) is 0 Å². The second-order valence-electron chi connectivity index (χ2n) is 6.66. The maximum absolute atomic E-state index is 12.5. The first kappa shape index (κ1) is 28.7. The molecule has 0 radical (unpaired) electrons. The fourth-order valence-electron chi connectivity index (χ4n) is 2.50. The first-order chi connectivity index (χ1) is 15.8. The molecule has 0 bridgehead atoms. The molecule has 0 unspecified atom stereocenters. The van der Waals surface area contributed by atoms with E-state index in [4.69, 9.17) is 9.90 Å². The van der Waals surface area contributed by atoms with Crippen molar-refractivity contribution >= 4 is 21.7 Å². The molecule has 2 heterocycles. The van der Waals surface area contributed by atoms with Gasteiger partial charge < -0.3 is 9.83 Å². The molecule has 0 fully saturated rings. The van der Waals surface area contributed by atoms with Crippen molar-refractivity contribution in [2.75, 3.05) is 0 Å². The average molecular weight is 569 g/mol. The zero-order chi connectivity index (χ0) is 24.1. The van der Waals surface area contributed by atoms with Gasteiger partial charge in [0.2, 0.25) is 0 Å². The quantitative estimate of drug-likeness (QED) is 0.320. The van der Waals surface area contributed by atoms with Gasteiger partial charge in [0, 0.05) is 45.9 Å². The average Bonchev–Trinajstić information content (AvgIpc) is 2.81. The number of hydrogen-bond donors (Lipinski definition) is 1. The van der Waals surface area contributed by atoms with Crippen LogP contribution in [0, 0.1) is 6.92 Å². The van der Waals surface area contributed by atoms with Gasteiger partial charge in [-0.2, -0.15) is 0 Å². The maximum atomic E-state index is 12.5. The van der Waals surface area contributed by atoms with Crippen molar-refractivity contribution in [1.82, 2.24) is 9.97 Å². The number of hydrogen-bond acceptors (Lipinski definition) is 5. The molecule has 1 N–H and O–H groups in total. The number of aryl methyl sites for hydroxylation is 1. The summed E-state index contributed by atoms with van der Waals surface area (Å²) in [5.41, 5.74) is 2.75. The van der Waals surface area contributed by atoms with Crippen LogP contribution in [0.2, 0.25) is 0 Å². The Morgan fingerprint density at radius 3 is 1.88 bits per heavy atom. The molecule has 0 aliphatic rings. The number of sulfonamides is 1. The van der Waals surface area contributed by atoms with E-state index in [9.17, 15) is 8.42 Å². The summed E-state index contributed by atoms with van der Waals surface area (Å²) in [5, 5.41) is 7.42. The largest absolute Gasteiger partial charge is 0.572 e. The van der Waals surface area contributed by atoms with E-state index < -0.39 is 16.0 Å². The molecule has 9 heteroatoms. The standard InChI is InChI=1S/C18H15N2O2S.C5H5N.C2H4O2.Pd/c1-14-9-11-15(12-10-14)23(21,22)20-18-8-3-2-6-16(18)17-7-4-5-13-19-17;1-2-4-6-5-3-1;1-2(3)4;/h2-13H,1H3;1-5H;1H3,(H,3,4);/q-1;;;. The van der Waals surface area contributed by atoms with Crippen molar-refractivity contribution in [3.05, 3.63) is 114 Å². The SMILES string of the molecule is CC(=O)O.Cc1ccc(S(=O)(=O)[N-]c2ccccc2-c2ccccn2)cc1.[Pd].c1ccncc1. The Morgan fingerprint density at radius 1 is 0.824 bits per heavy atom. The van der Waals surface area contributed by atoms with Crippen LogP contribution in [-0.4, -0.2) is 29.5 Å². The van der Waals surface area contributed by atoms with Gasteiger partial charge in [-0.1, -0.05) is 54.1 Å². The second kappa shape index (κ2) is 14.7. The van der Waals surface area contributed by atoms with Crippen molar-refractivity contribution in [1.29, 1.82) is 0 Å². The number of aromatic nitrogens is 2. The Balaban J connectivity index is 0.000000440. The first-order valence-corrected chi connectivity index (χ1v) is 11.3. The van der Waals surface area contributed by atoms with Crippen LogP contribution in [0.15, 0.2) is 108 Å². The van der Waals surface area contributed by atoms with E-state index >= 15 is 0 Å². The Kier molecular flexibility index (Phi) is 12.4. The number of rotatable bonds is 4. The maximum Gasteiger partial charge on any atom is 0.300 e. The third kappa shape index (κ3) is 10.0. The topological polar surface area (TPSA) is 111 Å². The zero-order valence-electron chi connectivity index (χ0n) is 18.6. The molecular weight excluding hydrogens is 545 g/mol. The van der Waals surface area contributed by atoms with Crippen molar-refractivity contribution < 1.29 is 38.7 Å². The first-order valence-electron chi connectivity index (χ1n) is 9.89. The molecule has 2 aromatic carbocycles. The fourth-order valence-corrected chi connectivity index (χ4v) is 3.50. The minimum absolute atomic E-state index is 0. The molecule has 0 atom stereocenters. The number of carboxylic acids is 1. The van der Waals surface area contributed by atoms with Crippen molar-refractivity contribution in [3.63, 3.8) is 0 Å². The van der Waals surface area contributed by atoms with E-state index in [-0.39, 0.29) is 25.3 Å². The Labute approximate surface area is 213 Å². The number of aliphatic carboxylic acids is 1. The summed E-state index contributed by atoms with van der Waals surface area (Å²) in [5.74, 6) is -0.833. The Morgan fingerprint density at radius 2 is 1.38 bits per heavy atom. The molecule has 34 heavy (non-hydrogen) atoms. The minimum atomic E-state index is -3.76. The van der Waals surface area contributed by atoms with E-state index in [0.29, 0.717) is 16.9 Å². The van der Waals surface area contributed by atoms with Crippen LogP contribution >= 0.6 is 0 Å². The van der Waals surface area contributed by atoms with Gasteiger partial charge in [-0.15, -0.1) is 5.69 Å². The smallest absolute Gasteiger partial charge is 0.300 e. The molecule has 0 spiro atoms. The Hall–Kier alpha value is -3.38. The molecule has 4 aromatic rings. The van der Waals surface area contributed by atoms with Crippen molar-refractivity contribution in [2.45, 2.75) is 18.7 Å². The van der Waals surface area contributed by atoms with E-state index in [0.717, 1.165) is 12.5 Å². The summed E-state index contributed by atoms with van der Waals surface area (Å²) in [6, 6.07) is 24.9. The summed E-state index contributed by atoms with van der Waals surface area (Å²) in [6.07, 6.45) is 5.17. The summed E-state index contributed by atoms with van der Waals surface area (Å²) < 4.78 is 29.0. The minimum Gasteiger partial charge on any atom is -0.572 e. The molecule has 7 nitrogen and oxygen atoms in total. The monoisotopic (exact) mass is 568 g/mol. The molecule has 0 aliphatic carbocycles. The van der Waals surface area contributed by atoms with E-state index in [1.807, 2.05) is 55.5 Å². The third-order valence-corrected chi connectivity index (χ3v) is 5.25. The molecule has 4 rings (SSSR count). The van der Waals surface area contributed by atoms with E-state index in [1.165, 1.54) is 0 Å². The van der Waals surface area contributed by atoms with Gasteiger partial charge in [0.05, 0.1) is 10.6 Å². The zero-order valence-corrected chi connectivity index (χ0v) is 20.9. The van der Waals surface area contributed by atoms with Crippen LogP contribution in [0.4, 0.5) is 5.69 Å². The van der Waals surface area contributed by atoms with Crippen LogP contribution in [0.25, 0.3) is 16.0 Å². The number of carbonyl (C=O) groups is 1. The fraction of sp³-hybridized carbons (Fsp3) is 0.0800. The molecule has 0 saturated carbocycles. The molecule has 0 amide bonds. The van der Waals surface area contributed by atoms with Crippen molar-refractivity contribution in [3.8, 4) is 11.3 Å². The van der Waals surface area contributed by atoms with Gasteiger partial charge in [0.1, 0.15) is 10.0 Å². The Bertz CT molecular complexity index is 1210. The number of benzene rings is 2. The van der Waals surface area contributed by atoms with E-state index in [2.05, 4.69) is 14.7 Å². The summed E-state index contributed by atoms with van der Waals surface area (Å²) in [4.78, 5) is 17.2. The summed E-state index contributed by atoms with van der Waals surface area (Å²) in [7, 11) is -3.76. The normalized spacial score (nSPS) is 9.71. The van der Waals surface area contributed by atoms with Crippen LogP contribution in [0.5, 0.6) is 0 Å².